The number of carbonyl (C=O) groups is 2. The zero-order valence-electron chi connectivity index (χ0n) is 15.9. The van der Waals surface area contributed by atoms with Gasteiger partial charge in [0, 0.05) is 28.6 Å². The SMILES string of the molecule is COC(=O)Nc1ccc2c(c1)oc1cc(S(=O)(=O)N[C@H](C(=O)O)C(C)C)ccc12. The summed E-state index contributed by atoms with van der Waals surface area (Å²) < 4.78 is 37.8. The molecule has 3 rings (SSSR count). The van der Waals surface area contributed by atoms with Crippen molar-refractivity contribution in [2.24, 2.45) is 5.92 Å². The van der Waals surface area contributed by atoms with E-state index in [1.54, 1.807) is 38.1 Å². The first-order valence-electron chi connectivity index (χ1n) is 8.69. The maximum atomic E-state index is 12.6. The number of benzene rings is 2. The number of anilines is 1. The van der Waals surface area contributed by atoms with Gasteiger partial charge in [0.05, 0.1) is 12.0 Å². The van der Waals surface area contributed by atoms with Crippen LogP contribution in [0.25, 0.3) is 21.9 Å². The molecule has 1 amide bonds. The van der Waals surface area contributed by atoms with E-state index in [2.05, 4.69) is 14.8 Å². The van der Waals surface area contributed by atoms with Crippen LogP contribution in [0.5, 0.6) is 0 Å². The minimum absolute atomic E-state index is 0.108. The molecule has 29 heavy (non-hydrogen) atoms. The number of fused-ring (bicyclic) bond motifs is 3. The third-order valence-corrected chi connectivity index (χ3v) is 5.84. The summed E-state index contributed by atoms with van der Waals surface area (Å²) >= 11 is 0. The van der Waals surface area contributed by atoms with E-state index >= 15 is 0 Å². The number of sulfonamides is 1. The van der Waals surface area contributed by atoms with Crippen molar-refractivity contribution in [1.29, 1.82) is 0 Å². The fraction of sp³-hybridized carbons (Fsp3) is 0.263. The molecule has 10 heteroatoms. The zero-order valence-corrected chi connectivity index (χ0v) is 16.7. The van der Waals surface area contributed by atoms with Crippen molar-refractivity contribution in [1.82, 2.24) is 4.72 Å². The van der Waals surface area contributed by atoms with Gasteiger partial charge in [-0.2, -0.15) is 4.72 Å². The fourth-order valence-electron chi connectivity index (χ4n) is 2.88. The van der Waals surface area contributed by atoms with Crippen molar-refractivity contribution in [3.63, 3.8) is 0 Å². The Morgan fingerprint density at radius 3 is 2.28 bits per heavy atom. The summed E-state index contributed by atoms with van der Waals surface area (Å²) in [6.07, 6.45) is -0.627. The second kappa shape index (κ2) is 7.72. The van der Waals surface area contributed by atoms with Crippen molar-refractivity contribution in [2.75, 3.05) is 12.4 Å². The first kappa shape index (κ1) is 20.6. The number of carbonyl (C=O) groups excluding carboxylic acids is 1. The lowest BCUT2D eigenvalue weighted by atomic mass is 10.1. The molecule has 1 atom stereocenters. The lowest BCUT2D eigenvalue weighted by Gasteiger charge is -2.17. The molecule has 0 unspecified atom stereocenters. The number of ether oxygens (including phenoxy) is 1. The number of furan rings is 1. The first-order chi connectivity index (χ1) is 13.6. The normalized spacial score (nSPS) is 13.0. The highest BCUT2D eigenvalue weighted by Crippen LogP contribution is 2.32. The van der Waals surface area contributed by atoms with Crippen LogP contribution < -0.4 is 10.0 Å². The molecule has 0 aliphatic carbocycles. The minimum atomic E-state index is -4.07. The molecule has 1 heterocycles. The smallest absolute Gasteiger partial charge is 0.411 e. The Labute approximate surface area is 166 Å². The summed E-state index contributed by atoms with van der Waals surface area (Å²) in [4.78, 5) is 22.6. The largest absolute Gasteiger partial charge is 0.480 e. The van der Waals surface area contributed by atoms with Crippen molar-refractivity contribution >= 4 is 49.7 Å². The third kappa shape index (κ3) is 4.17. The summed E-state index contributed by atoms with van der Waals surface area (Å²) in [6, 6.07) is 8.06. The molecule has 0 radical (unpaired) electrons. The van der Waals surface area contributed by atoms with Gasteiger partial charge in [-0.25, -0.2) is 13.2 Å². The summed E-state index contributed by atoms with van der Waals surface area (Å²) in [5.74, 6) is -1.68. The minimum Gasteiger partial charge on any atom is -0.480 e. The third-order valence-electron chi connectivity index (χ3n) is 4.40. The van der Waals surface area contributed by atoms with Gasteiger partial charge in [-0.1, -0.05) is 13.8 Å². The van der Waals surface area contributed by atoms with E-state index in [1.165, 1.54) is 19.2 Å². The number of nitrogens with one attached hydrogen (secondary N) is 2. The molecule has 3 aromatic rings. The fourth-order valence-corrected chi connectivity index (χ4v) is 4.23. The molecule has 1 aromatic heterocycles. The molecule has 0 saturated heterocycles. The summed E-state index contributed by atoms with van der Waals surface area (Å²) in [5.41, 5.74) is 1.22. The van der Waals surface area contributed by atoms with Crippen LogP contribution in [0.15, 0.2) is 45.7 Å². The maximum absolute atomic E-state index is 12.6. The monoisotopic (exact) mass is 420 g/mol. The van der Waals surface area contributed by atoms with Crippen LogP contribution in [0, 0.1) is 5.92 Å². The van der Waals surface area contributed by atoms with Gasteiger partial charge in [-0.15, -0.1) is 0 Å². The lowest BCUT2D eigenvalue weighted by Crippen LogP contribution is -2.44. The molecule has 9 nitrogen and oxygen atoms in total. The molecule has 154 valence electrons. The van der Waals surface area contributed by atoms with Crippen molar-refractivity contribution in [2.45, 2.75) is 24.8 Å². The summed E-state index contributed by atoms with van der Waals surface area (Å²) in [6.45, 7) is 3.23. The van der Waals surface area contributed by atoms with Crippen molar-refractivity contribution < 1.29 is 32.3 Å². The van der Waals surface area contributed by atoms with Crippen LogP contribution in [0.4, 0.5) is 10.5 Å². The topological polar surface area (TPSA) is 135 Å². The molecular formula is C19H20N2O7S. The second-order valence-corrected chi connectivity index (χ2v) is 8.48. The first-order valence-corrected chi connectivity index (χ1v) is 10.2. The predicted molar refractivity (Wildman–Crippen MR) is 106 cm³/mol. The van der Waals surface area contributed by atoms with Crippen molar-refractivity contribution in [3.8, 4) is 0 Å². The van der Waals surface area contributed by atoms with Gasteiger partial charge in [-0.3, -0.25) is 10.1 Å². The highest BCUT2D eigenvalue weighted by Gasteiger charge is 2.28. The van der Waals surface area contributed by atoms with Crippen LogP contribution in [-0.4, -0.2) is 38.7 Å². The Morgan fingerprint density at radius 1 is 1.07 bits per heavy atom. The van der Waals surface area contributed by atoms with E-state index < -0.39 is 34.0 Å². The van der Waals surface area contributed by atoms with E-state index in [0.717, 1.165) is 5.39 Å². The summed E-state index contributed by atoms with van der Waals surface area (Å²) in [7, 11) is -2.82. The predicted octanol–water partition coefficient (Wildman–Crippen LogP) is 3.15. The molecule has 0 aliphatic heterocycles. The Morgan fingerprint density at radius 2 is 1.69 bits per heavy atom. The molecule has 0 fully saturated rings. The Kier molecular flexibility index (Phi) is 5.49. The Hall–Kier alpha value is -3.11. The second-order valence-electron chi connectivity index (χ2n) is 6.77. The molecular weight excluding hydrogens is 400 g/mol. The van der Waals surface area contributed by atoms with Crippen LogP contribution >= 0.6 is 0 Å². The van der Waals surface area contributed by atoms with Crippen LogP contribution in [0.3, 0.4) is 0 Å². The lowest BCUT2D eigenvalue weighted by molar-refractivity contribution is -0.140. The van der Waals surface area contributed by atoms with Crippen LogP contribution in [-0.2, 0) is 19.6 Å². The van der Waals surface area contributed by atoms with E-state index in [9.17, 15) is 23.1 Å². The number of amides is 1. The van der Waals surface area contributed by atoms with Gasteiger partial charge in [-0.05, 0) is 30.2 Å². The van der Waals surface area contributed by atoms with Gasteiger partial charge < -0.3 is 14.3 Å². The van der Waals surface area contributed by atoms with E-state index in [1.807, 2.05) is 0 Å². The number of carboxylic acids is 1. The quantitative estimate of drug-likeness (QED) is 0.557. The number of methoxy groups -OCH3 is 1. The van der Waals surface area contributed by atoms with Gasteiger partial charge in [0.15, 0.2) is 0 Å². The van der Waals surface area contributed by atoms with Gasteiger partial charge in [0.25, 0.3) is 0 Å². The average Bonchev–Trinajstić information content (AvgIpc) is 3.02. The highest BCUT2D eigenvalue weighted by atomic mass is 32.2. The Bertz CT molecular complexity index is 1200. The van der Waals surface area contributed by atoms with Gasteiger partial charge in [0.2, 0.25) is 10.0 Å². The standard InChI is InChI=1S/C19H20N2O7S/c1-10(2)17(18(22)23)21-29(25,26)12-5-7-14-13-6-4-11(20-19(24)27-3)8-15(13)28-16(14)9-12/h4-10,17,21H,1-3H3,(H,20,24)(H,22,23)/t17-/m0/s1. The molecule has 0 spiro atoms. The number of hydrogen-bond donors (Lipinski definition) is 3. The van der Waals surface area contributed by atoms with E-state index in [4.69, 9.17) is 4.42 Å². The Balaban J connectivity index is 2.00. The number of rotatable bonds is 6. The number of carboxylic acid groups (broad SMARTS) is 1. The van der Waals surface area contributed by atoms with Crippen LogP contribution in [0.2, 0.25) is 0 Å². The summed E-state index contributed by atoms with van der Waals surface area (Å²) in [5, 5.41) is 13.2. The van der Waals surface area contributed by atoms with E-state index in [-0.39, 0.29) is 4.90 Å². The average molecular weight is 420 g/mol. The molecule has 2 aromatic carbocycles. The maximum Gasteiger partial charge on any atom is 0.411 e. The van der Waals surface area contributed by atoms with E-state index in [0.29, 0.717) is 22.2 Å². The highest BCUT2D eigenvalue weighted by molar-refractivity contribution is 7.89. The van der Waals surface area contributed by atoms with Gasteiger partial charge in [0.1, 0.15) is 17.2 Å². The van der Waals surface area contributed by atoms with Gasteiger partial charge >= 0.3 is 12.1 Å². The zero-order chi connectivity index (χ0) is 21.3. The van der Waals surface area contributed by atoms with Crippen LogP contribution in [0.1, 0.15) is 13.8 Å². The molecule has 3 N–H and O–H groups in total. The number of aliphatic carboxylic acids is 1. The molecule has 0 bridgehead atoms. The number of hydrogen-bond acceptors (Lipinski definition) is 6. The molecule has 0 saturated carbocycles. The van der Waals surface area contributed by atoms with Crippen molar-refractivity contribution in [3.05, 3.63) is 36.4 Å². The molecule has 0 aliphatic rings.